The Hall–Kier alpha value is -0.930. The first-order valence-corrected chi connectivity index (χ1v) is 7.27. The van der Waals surface area contributed by atoms with Gasteiger partial charge in [-0.05, 0) is 36.2 Å². The molecule has 0 amide bonds. The van der Waals surface area contributed by atoms with Gasteiger partial charge in [0.25, 0.3) is 0 Å². The van der Waals surface area contributed by atoms with E-state index in [-0.39, 0.29) is 5.78 Å². The van der Waals surface area contributed by atoms with Crippen LogP contribution in [-0.2, 0) is 6.42 Å². The summed E-state index contributed by atoms with van der Waals surface area (Å²) in [4.78, 5) is 12.0. The maximum Gasteiger partial charge on any atom is 0.163 e. The number of benzene rings is 2. The van der Waals surface area contributed by atoms with Gasteiger partial charge in [0.05, 0.1) is 0 Å². The molecule has 0 heterocycles. The molecule has 0 aliphatic heterocycles. The fourth-order valence-electron chi connectivity index (χ4n) is 1.76. The van der Waals surface area contributed by atoms with Crippen molar-refractivity contribution in [2.24, 2.45) is 0 Å². The van der Waals surface area contributed by atoms with Crippen molar-refractivity contribution in [1.29, 1.82) is 0 Å². The van der Waals surface area contributed by atoms with Crippen LogP contribution in [0.25, 0.3) is 0 Å². The van der Waals surface area contributed by atoms with Gasteiger partial charge >= 0.3 is 0 Å². The molecule has 0 N–H and O–H groups in total. The number of carbonyl (C=O) groups excluding carboxylic acids is 1. The van der Waals surface area contributed by atoms with Gasteiger partial charge in [-0.3, -0.25) is 4.79 Å². The van der Waals surface area contributed by atoms with Crippen LogP contribution >= 0.6 is 31.9 Å². The third kappa shape index (κ3) is 3.79. The van der Waals surface area contributed by atoms with Crippen LogP contribution < -0.4 is 0 Å². The van der Waals surface area contributed by atoms with Crippen LogP contribution in [0.5, 0.6) is 0 Å². The normalized spacial score (nSPS) is 10.3. The van der Waals surface area contributed by atoms with Crippen LogP contribution in [0, 0.1) is 0 Å². The van der Waals surface area contributed by atoms with Gasteiger partial charge in [-0.25, -0.2) is 0 Å². The summed E-state index contributed by atoms with van der Waals surface area (Å²) in [6, 6.07) is 15.6. The summed E-state index contributed by atoms with van der Waals surface area (Å²) in [5.74, 6) is 0.177. The molecule has 0 unspecified atom stereocenters. The molecule has 0 aliphatic rings. The van der Waals surface area contributed by atoms with Crippen molar-refractivity contribution in [2.45, 2.75) is 12.8 Å². The van der Waals surface area contributed by atoms with Gasteiger partial charge < -0.3 is 0 Å². The number of carbonyl (C=O) groups is 1. The number of halogens is 2. The molecule has 3 heteroatoms. The van der Waals surface area contributed by atoms with E-state index in [1.807, 2.05) is 48.5 Å². The summed E-state index contributed by atoms with van der Waals surface area (Å²) in [7, 11) is 0. The SMILES string of the molecule is O=C(CCc1cccc(Br)c1)c1cccc(Br)c1. The van der Waals surface area contributed by atoms with Crippen molar-refractivity contribution in [3.05, 3.63) is 68.6 Å². The zero-order chi connectivity index (χ0) is 13.0. The fraction of sp³-hybridized carbons (Fsp3) is 0.133. The van der Waals surface area contributed by atoms with Gasteiger partial charge in [-0.15, -0.1) is 0 Å². The highest BCUT2D eigenvalue weighted by atomic mass is 79.9. The molecular weight excluding hydrogens is 356 g/mol. The van der Waals surface area contributed by atoms with E-state index in [4.69, 9.17) is 0 Å². The minimum atomic E-state index is 0.177. The van der Waals surface area contributed by atoms with Gasteiger partial charge in [0.1, 0.15) is 0 Å². The molecule has 92 valence electrons. The standard InChI is InChI=1S/C15H12Br2O/c16-13-5-1-3-11(9-13)7-8-15(18)12-4-2-6-14(17)10-12/h1-6,9-10H,7-8H2. The lowest BCUT2D eigenvalue weighted by Gasteiger charge is -2.03. The summed E-state index contributed by atoms with van der Waals surface area (Å²) < 4.78 is 1.99. The highest BCUT2D eigenvalue weighted by Crippen LogP contribution is 2.16. The lowest BCUT2D eigenvalue weighted by atomic mass is 10.0. The molecule has 0 radical (unpaired) electrons. The van der Waals surface area contributed by atoms with Gasteiger partial charge in [0.2, 0.25) is 0 Å². The third-order valence-electron chi connectivity index (χ3n) is 2.68. The monoisotopic (exact) mass is 366 g/mol. The van der Waals surface area contributed by atoms with Crippen molar-refractivity contribution in [3.8, 4) is 0 Å². The zero-order valence-electron chi connectivity index (χ0n) is 9.70. The Morgan fingerprint density at radius 2 is 1.61 bits per heavy atom. The average molecular weight is 368 g/mol. The molecule has 0 atom stereocenters. The Morgan fingerprint density at radius 3 is 2.28 bits per heavy atom. The van der Waals surface area contributed by atoms with Crippen LogP contribution in [0.3, 0.4) is 0 Å². The predicted molar refractivity (Wildman–Crippen MR) is 80.9 cm³/mol. The van der Waals surface area contributed by atoms with Gasteiger partial charge in [-0.1, -0.05) is 56.1 Å². The van der Waals surface area contributed by atoms with Crippen LogP contribution in [-0.4, -0.2) is 5.78 Å². The molecule has 18 heavy (non-hydrogen) atoms. The lowest BCUT2D eigenvalue weighted by molar-refractivity contribution is 0.0983. The Labute approximate surface area is 123 Å². The van der Waals surface area contributed by atoms with Crippen LogP contribution in [0.2, 0.25) is 0 Å². The van der Waals surface area contributed by atoms with E-state index in [2.05, 4.69) is 31.9 Å². The number of Topliss-reactive ketones (excluding diaryl/α,β-unsaturated/α-hetero) is 1. The largest absolute Gasteiger partial charge is 0.294 e. The topological polar surface area (TPSA) is 17.1 Å². The van der Waals surface area contributed by atoms with E-state index in [1.54, 1.807) is 0 Å². The van der Waals surface area contributed by atoms with Crippen LogP contribution in [0.15, 0.2) is 57.5 Å². The second-order valence-corrected chi connectivity index (χ2v) is 5.89. The Kier molecular flexibility index (Phi) is 4.72. The molecule has 2 aromatic rings. The average Bonchev–Trinajstić information content (AvgIpc) is 2.36. The van der Waals surface area contributed by atoms with E-state index >= 15 is 0 Å². The van der Waals surface area contributed by atoms with Gasteiger partial charge in [0, 0.05) is 20.9 Å². The first kappa shape index (κ1) is 13.5. The van der Waals surface area contributed by atoms with Crippen molar-refractivity contribution < 1.29 is 4.79 Å². The first-order valence-electron chi connectivity index (χ1n) is 5.68. The number of hydrogen-bond acceptors (Lipinski definition) is 1. The second kappa shape index (κ2) is 6.30. The highest BCUT2D eigenvalue weighted by Gasteiger charge is 2.06. The van der Waals surface area contributed by atoms with Crippen LogP contribution in [0.1, 0.15) is 22.3 Å². The molecule has 0 saturated carbocycles. The molecule has 2 aromatic carbocycles. The number of ketones is 1. The van der Waals surface area contributed by atoms with E-state index in [0.717, 1.165) is 20.9 Å². The lowest BCUT2D eigenvalue weighted by Crippen LogP contribution is -2.01. The van der Waals surface area contributed by atoms with E-state index < -0.39 is 0 Å². The summed E-state index contributed by atoms with van der Waals surface area (Å²) in [5, 5.41) is 0. The maximum atomic E-state index is 12.0. The Bertz CT molecular complexity index is 564. The van der Waals surface area contributed by atoms with Crippen LogP contribution in [0.4, 0.5) is 0 Å². The van der Waals surface area contributed by atoms with Gasteiger partial charge in [0.15, 0.2) is 5.78 Å². The Balaban J connectivity index is 2.00. The minimum Gasteiger partial charge on any atom is -0.294 e. The quantitative estimate of drug-likeness (QED) is 0.693. The molecule has 0 aliphatic carbocycles. The first-order chi connectivity index (χ1) is 8.65. The van der Waals surface area contributed by atoms with E-state index in [9.17, 15) is 4.79 Å². The van der Waals surface area contributed by atoms with E-state index in [0.29, 0.717) is 6.42 Å². The van der Waals surface area contributed by atoms with Gasteiger partial charge in [-0.2, -0.15) is 0 Å². The summed E-state index contributed by atoms with van der Waals surface area (Å²) in [5.41, 5.74) is 1.94. The van der Waals surface area contributed by atoms with E-state index in [1.165, 1.54) is 5.56 Å². The van der Waals surface area contributed by atoms with Crippen molar-refractivity contribution in [3.63, 3.8) is 0 Å². The number of aryl methyl sites for hydroxylation is 1. The molecule has 0 fully saturated rings. The summed E-state index contributed by atoms with van der Waals surface area (Å²) in [6.45, 7) is 0. The zero-order valence-corrected chi connectivity index (χ0v) is 12.9. The highest BCUT2D eigenvalue weighted by molar-refractivity contribution is 9.10. The fourth-order valence-corrected chi connectivity index (χ4v) is 2.60. The van der Waals surface area contributed by atoms with Crippen molar-refractivity contribution in [1.82, 2.24) is 0 Å². The maximum absolute atomic E-state index is 12.0. The second-order valence-electron chi connectivity index (χ2n) is 4.06. The third-order valence-corrected chi connectivity index (χ3v) is 3.66. The molecule has 0 aromatic heterocycles. The number of hydrogen-bond donors (Lipinski definition) is 0. The molecular formula is C15H12Br2O. The summed E-state index contributed by atoms with van der Waals surface area (Å²) in [6.07, 6.45) is 1.30. The molecule has 0 bridgehead atoms. The number of rotatable bonds is 4. The van der Waals surface area contributed by atoms with Crippen molar-refractivity contribution >= 4 is 37.6 Å². The Morgan fingerprint density at radius 1 is 0.944 bits per heavy atom. The smallest absolute Gasteiger partial charge is 0.163 e. The summed E-state index contributed by atoms with van der Waals surface area (Å²) >= 11 is 6.81. The molecule has 1 nitrogen and oxygen atoms in total. The molecule has 0 spiro atoms. The molecule has 2 rings (SSSR count). The predicted octanol–water partition coefficient (Wildman–Crippen LogP) is 5.03. The minimum absolute atomic E-state index is 0.177. The van der Waals surface area contributed by atoms with Crippen molar-refractivity contribution in [2.75, 3.05) is 0 Å². The molecule has 0 saturated heterocycles.